The van der Waals surface area contributed by atoms with Crippen LogP contribution in [0.25, 0.3) is 11.1 Å². The van der Waals surface area contributed by atoms with Crippen LogP contribution in [-0.4, -0.2) is 30.3 Å². The van der Waals surface area contributed by atoms with Crippen LogP contribution in [0.1, 0.15) is 42.7 Å². The number of aliphatic imine (C=N–C) groups is 1. The Morgan fingerprint density at radius 3 is 2.23 bits per heavy atom. The van der Waals surface area contributed by atoms with E-state index in [0.717, 1.165) is 6.42 Å². The first kappa shape index (κ1) is 18.0. The fraction of sp³-hybridized carbons (Fsp3) is 0.333. The molecular weight excluding hydrogens is 330 g/mol. The average molecular weight is 352 g/mol. The SMILES string of the molecule is O=C(O)CCCCCN=C([O-])OCC1c2ccccc2-c2ccccc21. The molecule has 5 nitrogen and oxygen atoms in total. The molecule has 2 aromatic rings. The molecule has 0 saturated heterocycles. The third kappa shape index (κ3) is 4.23. The van der Waals surface area contributed by atoms with Gasteiger partial charge in [0.15, 0.2) is 0 Å². The number of fused-ring (bicyclic) bond motifs is 3. The minimum atomic E-state index is -0.793. The Bertz CT molecular complexity index is 755. The van der Waals surface area contributed by atoms with Crippen LogP contribution in [0.4, 0.5) is 0 Å². The van der Waals surface area contributed by atoms with Crippen molar-refractivity contribution in [1.82, 2.24) is 0 Å². The zero-order chi connectivity index (χ0) is 18.4. The Balaban J connectivity index is 1.54. The molecule has 1 N–H and O–H groups in total. The van der Waals surface area contributed by atoms with Gasteiger partial charge >= 0.3 is 5.97 Å². The van der Waals surface area contributed by atoms with Gasteiger partial charge < -0.3 is 14.9 Å². The number of nitrogens with zero attached hydrogens (tertiary/aromatic N) is 1. The maximum Gasteiger partial charge on any atom is 0.303 e. The summed E-state index contributed by atoms with van der Waals surface area (Å²) in [5.41, 5.74) is 4.74. The van der Waals surface area contributed by atoms with Crippen molar-refractivity contribution in [3.05, 3.63) is 59.7 Å². The summed E-state index contributed by atoms with van der Waals surface area (Å²) in [6.07, 6.45) is 1.65. The lowest BCUT2D eigenvalue weighted by Crippen LogP contribution is -2.24. The summed E-state index contributed by atoms with van der Waals surface area (Å²) in [6.45, 7) is 0.645. The molecule has 26 heavy (non-hydrogen) atoms. The Morgan fingerprint density at radius 2 is 1.62 bits per heavy atom. The van der Waals surface area contributed by atoms with Gasteiger partial charge in [-0.15, -0.1) is 0 Å². The van der Waals surface area contributed by atoms with Gasteiger partial charge in [-0.2, -0.15) is 0 Å². The molecule has 0 unspecified atom stereocenters. The van der Waals surface area contributed by atoms with Crippen LogP contribution in [0.15, 0.2) is 53.5 Å². The van der Waals surface area contributed by atoms with Gasteiger partial charge in [-0.05, 0) is 35.1 Å². The largest absolute Gasteiger partial charge is 0.599 e. The van der Waals surface area contributed by atoms with E-state index in [1.807, 2.05) is 24.3 Å². The number of aliphatic carboxylic acids is 1. The first-order chi connectivity index (χ1) is 12.7. The van der Waals surface area contributed by atoms with Crippen molar-refractivity contribution in [2.24, 2.45) is 4.99 Å². The lowest BCUT2D eigenvalue weighted by Gasteiger charge is -2.21. The molecular formula is C21H22NO4-. The Hall–Kier alpha value is -2.82. The third-order valence-corrected chi connectivity index (χ3v) is 4.63. The van der Waals surface area contributed by atoms with E-state index in [0.29, 0.717) is 19.4 Å². The smallest absolute Gasteiger partial charge is 0.303 e. The second-order valence-electron chi connectivity index (χ2n) is 6.39. The highest BCUT2D eigenvalue weighted by Crippen LogP contribution is 2.44. The first-order valence-electron chi connectivity index (χ1n) is 8.91. The molecule has 136 valence electrons. The lowest BCUT2D eigenvalue weighted by molar-refractivity contribution is -0.251. The van der Waals surface area contributed by atoms with Gasteiger partial charge in [0.05, 0.1) is 0 Å². The topological polar surface area (TPSA) is 82.0 Å². The number of ether oxygens (including phenoxy) is 1. The quantitative estimate of drug-likeness (QED) is 0.449. The number of hydrogen-bond acceptors (Lipinski definition) is 4. The maximum atomic E-state index is 11.9. The molecule has 0 saturated carbocycles. The number of hydrogen-bond donors (Lipinski definition) is 1. The zero-order valence-corrected chi connectivity index (χ0v) is 14.6. The van der Waals surface area contributed by atoms with Gasteiger partial charge in [0.2, 0.25) is 0 Å². The van der Waals surface area contributed by atoms with E-state index in [2.05, 4.69) is 29.3 Å². The number of unbranched alkanes of at least 4 members (excludes halogenated alkanes) is 2. The van der Waals surface area contributed by atoms with Crippen molar-refractivity contribution < 1.29 is 19.7 Å². The van der Waals surface area contributed by atoms with Gasteiger partial charge in [0.25, 0.3) is 0 Å². The van der Waals surface area contributed by atoms with Crippen molar-refractivity contribution in [3.8, 4) is 11.1 Å². The molecule has 0 fully saturated rings. The number of benzene rings is 2. The predicted molar refractivity (Wildman–Crippen MR) is 98.1 cm³/mol. The lowest BCUT2D eigenvalue weighted by atomic mass is 9.98. The van der Waals surface area contributed by atoms with Crippen LogP contribution in [0.2, 0.25) is 0 Å². The van der Waals surface area contributed by atoms with E-state index in [-0.39, 0.29) is 18.9 Å². The minimum Gasteiger partial charge on any atom is -0.599 e. The van der Waals surface area contributed by atoms with Crippen LogP contribution in [0, 0.1) is 0 Å². The molecule has 0 aliphatic heterocycles. The summed E-state index contributed by atoms with van der Waals surface area (Å²) < 4.78 is 5.38. The van der Waals surface area contributed by atoms with Crippen LogP contribution in [0.5, 0.6) is 0 Å². The highest BCUT2D eigenvalue weighted by atomic mass is 16.6. The molecule has 0 aromatic heterocycles. The van der Waals surface area contributed by atoms with Crippen molar-refractivity contribution >= 4 is 12.1 Å². The van der Waals surface area contributed by atoms with Crippen LogP contribution >= 0.6 is 0 Å². The van der Waals surface area contributed by atoms with E-state index in [9.17, 15) is 9.90 Å². The number of carbonyl (C=O) groups is 1. The number of carboxylic acids is 1. The summed E-state index contributed by atoms with van der Waals surface area (Å²) in [7, 11) is 0. The summed E-state index contributed by atoms with van der Waals surface area (Å²) in [5, 5.41) is 20.5. The number of carboxylic acid groups (broad SMARTS) is 1. The van der Waals surface area contributed by atoms with Crippen LogP contribution in [0.3, 0.4) is 0 Å². The summed E-state index contributed by atoms with van der Waals surface area (Å²) in [6, 6.07) is 16.4. The van der Waals surface area contributed by atoms with Crippen molar-refractivity contribution in [3.63, 3.8) is 0 Å². The summed E-state index contributed by atoms with van der Waals surface area (Å²) in [5.74, 6) is -0.754. The first-order valence-corrected chi connectivity index (χ1v) is 8.91. The van der Waals surface area contributed by atoms with Gasteiger partial charge in [-0.1, -0.05) is 55.0 Å². The molecule has 0 amide bonds. The maximum absolute atomic E-state index is 11.9. The third-order valence-electron chi connectivity index (χ3n) is 4.63. The minimum absolute atomic E-state index is 0.0390. The molecule has 0 radical (unpaired) electrons. The second-order valence-corrected chi connectivity index (χ2v) is 6.39. The van der Waals surface area contributed by atoms with E-state index < -0.39 is 12.1 Å². The van der Waals surface area contributed by atoms with Gasteiger partial charge in [-0.3, -0.25) is 9.79 Å². The summed E-state index contributed by atoms with van der Waals surface area (Å²) >= 11 is 0. The highest BCUT2D eigenvalue weighted by molar-refractivity contribution is 5.79. The highest BCUT2D eigenvalue weighted by Gasteiger charge is 2.26. The van der Waals surface area contributed by atoms with E-state index >= 15 is 0 Å². The van der Waals surface area contributed by atoms with Crippen molar-refractivity contribution in [2.45, 2.75) is 31.6 Å². The molecule has 0 heterocycles. The molecule has 3 rings (SSSR count). The average Bonchev–Trinajstić information content (AvgIpc) is 2.96. The Morgan fingerprint density at radius 1 is 1.00 bits per heavy atom. The standard InChI is InChI=1S/C21H23NO4/c23-20(24)12-2-1-7-13-22-21(25)26-14-19-17-10-5-3-8-15(17)16-9-4-6-11-18(16)19/h3-6,8-11,19H,1-2,7,12-14H2,(H,22,25)(H,23,24)/p-1. The Kier molecular flexibility index (Phi) is 5.89. The number of rotatable bonds is 8. The molecule has 2 aromatic carbocycles. The second kappa shape index (κ2) is 8.52. The molecule has 0 atom stereocenters. The molecule has 1 aliphatic carbocycles. The summed E-state index contributed by atoms with van der Waals surface area (Å²) in [4.78, 5) is 14.3. The van der Waals surface area contributed by atoms with Gasteiger partial charge in [-0.25, -0.2) is 0 Å². The fourth-order valence-electron chi connectivity index (χ4n) is 3.37. The van der Waals surface area contributed by atoms with Crippen LogP contribution < -0.4 is 5.11 Å². The van der Waals surface area contributed by atoms with Crippen molar-refractivity contribution in [1.29, 1.82) is 0 Å². The van der Waals surface area contributed by atoms with Gasteiger partial charge in [0, 0.05) is 25.5 Å². The normalized spacial score (nSPS) is 13.3. The molecule has 5 heteroatoms. The molecule has 0 spiro atoms. The monoisotopic (exact) mass is 352 g/mol. The van der Waals surface area contributed by atoms with E-state index in [1.54, 1.807) is 0 Å². The molecule has 1 aliphatic rings. The van der Waals surface area contributed by atoms with Crippen molar-refractivity contribution in [2.75, 3.05) is 13.2 Å². The van der Waals surface area contributed by atoms with E-state index in [1.165, 1.54) is 22.3 Å². The van der Waals surface area contributed by atoms with E-state index in [4.69, 9.17) is 9.84 Å². The fourth-order valence-corrected chi connectivity index (χ4v) is 3.37. The molecule has 0 bridgehead atoms. The van der Waals surface area contributed by atoms with Crippen LogP contribution in [-0.2, 0) is 9.53 Å². The van der Waals surface area contributed by atoms with Gasteiger partial charge in [0.1, 0.15) is 6.08 Å². The zero-order valence-electron chi connectivity index (χ0n) is 14.6. The Labute approximate surface area is 153 Å². The predicted octanol–water partition coefficient (Wildman–Crippen LogP) is 3.18.